The van der Waals surface area contributed by atoms with Gasteiger partial charge in [0.25, 0.3) is 0 Å². The van der Waals surface area contributed by atoms with E-state index in [1.165, 1.54) is 0 Å². The Labute approximate surface area is 138 Å². The molecule has 0 aliphatic rings. The van der Waals surface area contributed by atoms with Gasteiger partial charge >= 0.3 is 0 Å². The normalized spacial score (nSPS) is 12.3. The van der Waals surface area contributed by atoms with Crippen LogP contribution < -0.4 is 5.32 Å². The summed E-state index contributed by atoms with van der Waals surface area (Å²) < 4.78 is 1.64. The maximum Gasteiger partial charge on any atom is 0.242 e. The van der Waals surface area contributed by atoms with E-state index in [0.29, 0.717) is 5.02 Å². The molecule has 0 saturated carbocycles. The van der Waals surface area contributed by atoms with Gasteiger partial charge < -0.3 is 10.4 Å². The number of carbonyl (C=O) groups excluding carboxylic acids is 1. The first-order valence-corrected chi connectivity index (χ1v) is 7.61. The van der Waals surface area contributed by atoms with Crippen molar-refractivity contribution in [1.29, 1.82) is 0 Å². The fourth-order valence-electron chi connectivity index (χ4n) is 2.46. The number of fused-ring (bicyclic) bond motifs is 1. The number of halogens is 1. The zero-order chi connectivity index (χ0) is 16.2. The van der Waals surface area contributed by atoms with Crippen molar-refractivity contribution in [3.8, 4) is 0 Å². The first kappa shape index (κ1) is 15.5. The fourth-order valence-corrected chi connectivity index (χ4v) is 2.58. The maximum absolute atomic E-state index is 12.3. The Balaban J connectivity index is 1.71. The number of rotatable bonds is 5. The molecule has 0 saturated heterocycles. The standard InChI is InChI=1S/C17H16ClN3O2/c18-14-7-5-12(6-8-14)15(11-22)20-17(23)10-21-16-4-2-1-3-13(16)9-19-21/h1-9,15,22H,10-11H2,(H,20,23). The van der Waals surface area contributed by atoms with Gasteiger partial charge in [0, 0.05) is 10.4 Å². The monoisotopic (exact) mass is 329 g/mol. The first-order chi connectivity index (χ1) is 11.2. The number of nitrogens with one attached hydrogen (secondary N) is 1. The quantitative estimate of drug-likeness (QED) is 0.756. The van der Waals surface area contributed by atoms with Crippen molar-refractivity contribution in [3.05, 3.63) is 65.3 Å². The Kier molecular flexibility index (Phi) is 4.60. The van der Waals surface area contributed by atoms with Gasteiger partial charge in [-0.05, 0) is 23.8 Å². The van der Waals surface area contributed by atoms with Gasteiger partial charge in [0.2, 0.25) is 5.91 Å². The van der Waals surface area contributed by atoms with Crippen molar-refractivity contribution < 1.29 is 9.90 Å². The van der Waals surface area contributed by atoms with Crippen LogP contribution >= 0.6 is 11.6 Å². The molecular formula is C17H16ClN3O2. The second kappa shape index (κ2) is 6.81. The van der Waals surface area contributed by atoms with Crippen LogP contribution in [0.1, 0.15) is 11.6 Å². The Hall–Kier alpha value is -2.37. The molecule has 2 N–H and O–H groups in total. The zero-order valence-electron chi connectivity index (χ0n) is 12.3. The van der Waals surface area contributed by atoms with Gasteiger partial charge in [-0.3, -0.25) is 9.48 Å². The van der Waals surface area contributed by atoms with E-state index in [4.69, 9.17) is 11.6 Å². The average Bonchev–Trinajstić information content (AvgIpc) is 2.97. The Morgan fingerprint density at radius 3 is 2.70 bits per heavy atom. The van der Waals surface area contributed by atoms with E-state index in [1.54, 1.807) is 35.1 Å². The highest BCUT2D eigenvalue weighted by molar-refractivity contribution is 6.30. The van der Waals surface area contributed by atoms with Crippen LogP contribution in [0.15, 0.2) is 54.7 Å². The van der Waals surface area contributed by atoms with E-state index < -0.39 is 6.04 Å². The molecule has 3 aromatic rings. The highest BCUT2D eigenvalue weighted by atomic mass is 35.5. The molecule has 118 valence electrons. The molecule has 2 aromatic carbocycles. The van der Waals surface area contributed by atoms with Crippen molar-refractivity contribution in [3.63, 3.8) is 0 Å². The third-order valence-corrected chi connectivity index (χ3v) is 3.89. The van der Waals surface area contributed by atoms with Crippen LogP contribution in [0.25, 0.3) is 10.9 Å². The predicted octanol–water partition coefficient (Wildman–Crippen LogP) is 2.54. The van der Waals surface area contributed by atoms with Crippen molar-refractivity contribution in [2.24, 2.45) is 0 Å². The second-order valence-electron chi connectivity index (χ2n) is 5.22. The Morgan fingerprint density at radius 2 is 1.96 bits per heavy atom. The molecule has 1 heterocycles. The number of hydrogen-bond donors (Lipinski definition) is 2. The highest BCUT2D eigenvalue weighted by Crippen LogP contribution is 2.17. The van der Waals surface area contributed by atoms with Gasteiger partial charge in [0.05, 0.1) is 24.4 Å². The van der Waals surface area contributed by atoms with Gasteiger partial charge in [-0.2, -0.15) is 5.10 Å². The minimum Gasteiger partial charge on any atom is -0.394 e. The van der Waals surface area contributed by atoms with E-state index in [-0.39, 0.29) is 19.1 Å². The maximum atomic E-state index is 12.3. The lowest BCUT2D eigenvalue weighted by Gasteiger charge is -2.17. The molecule has 1 unspecified atom stereocenters. The largest absolute Gasteiger partial charge is 0.394 e. The van der Waals surface area contributed by atoms with Crippen molar-refractivity contribution >= 4 is 28.4 Å². The van der Waals surface area contributed by atoms with Crippen LogP contribution in [0.4, 0.5) is 0 Å². The van der Waals surface area contributed by atoms with Crippen molar-refractivity contribution in [2.45, 2.75) is 12.6 Å². The van der Waals surface area contributed by atoms with Crippen LogP contribution in [-0.4, -0.2) is 27.4 Å². The molecule has 0 radical (unpaired) electrons. The highest BCUT2D eigenvalue weighted by Gasteiger charge is 2.15. The van der Waals surface area contributed by atoms with E-state index in [0.717, 1.165) is 16.5 Å². The number of aliphatic hydroxyl groups is 1. The summed E-state index contributed by atoms with van der Waals surface area (Å²) in [5.74, 6) is -0.215. The lowest BCUT2D eigenvalue weighted by Crippen LogP contribution is -2.33. The number of carbonyl (C=O) groups is 1. The number of aromatic nitrogens is 2. The second-order valence-corrected chi connectivity index (χ2v) is 5.65. The molecule has 0 aliphatic carbocycles. The molecule has 3 rings (SSSR count). The van der Waals surface area contributed by atoms with E-state index in [1.807, 2.05) is 24.3 Å². The molecule has 1 amide bonds. The first-order valence-electron chi connectivity index (χ1n) is 7.23. The number of amides is 1. The molecule has 0 spiro atoms. The van der Waals surface area contributed by atoms with Crippen molar-refractivity contribution in [2.75, 3.05) is 6.61 Å². The third-order valence-electron chi connectivity index (χ3n) is 3.63. The smallest absolute Gasteiger partial charge is 0.242 e. The van der Waals surface area contributed by atoms with Gasteiger partial charge in [-0.15, -0.1) is 0 Å². The fraction of sp³-hybridized carbons (Fsp3) is 0.176. The molecule has 1 aromatic heterocycles. The van der Waals surface area contributed by atoms with Gasteiger partial charge in [0.1, 0.15) is 6.54 Å². The number of nitrogens with zero attached hydrogens (tertiary/aromatic N) is 2. The molecule has 1 atom stereocenters. The summed E-state index contributed by atoms with van der Waals surface area (Å²) in [4.78, 5) is 12.3. The lowest BCUT2D eigenvalue weighted by atomic mass is 10.1. The molecule has 23 heavy (non-hydrogen) atoms. The van der Waals surface area contributed by atoms with E-state index in [2.05, 4.69) is 10.4 Å². The van der Waals surface area contributed by atoms with Gasteiger partial charge in [-0.25, -0.2) is 0 Å². The Morgan fingerprint density at radius 1 is 1.22 bits per heavy atom. The predicted molar refractivity (Wildman–Crippen MR) is 89.2 cm³/mol. The summed E-state index contributed by atoms with van der Waals surface area (Å²) >= 11 is 5.85. The number of benzene rings is 2. The molecular weight excluding hydrogens is 314 g/mol. The number of hydrogen-bond acceptors (Lipinski definition) is 3. The van der Waals surface area contributed by atoms with E-state index in [9.17, 15) is 9.90 Å². The van der Waals surface area contributed by atoms with Crippen LogP contribution in [0.5, 0.6) is 0 Å². The summed E-state index contributed by atoms with van der Waals surface area (Å²) in [6.07, 6.45) is 1.73. The van der Waals surface area contributed by atoms with Crippen molar-refractivity contribution in [1.82, 2.24) is 15.1 Å². The SMILES string of the molecule is O=C(Cn1ncc2ccccc21)NC(CO)c1ccc(Cl)cc1. The lowest BCUT2D eigenvalue weighted by molar-refractivity contribution is -0.122. The van der Waals surface area contributed by atoms with Crippen LogP contribution in [-0.2, 0) is 11.3 Å². The summed E-state index contributed by atoms with van der Waals surface area (Å²) in [6.45, 7) is -0.0924. The topological polar surface area (TPSA) is 67.2 Å². The van der Waals surface area contributed by atoms with E-state index >= 15 is 0 Å². The van der Waals surface area contributed by atoms with Gasteiger partial charge in [-0.1, -0.05) is 41.9 Å². The van der Waals surface area contributed by atoms with Gasteiger partial charge in [0.15, 0.2) is 0 Å². The summed E-state index contributed by atoms with van der Waals surface area (Å²) in [7, 11) is 0. The molecule has 5 nitrogen and oxygen atoms in total. The third kappa shape index (κ3) is 3.52. The summed E-state index contributed by atoms with van der Waals surface area (Å²) in [6, 6.07) is 14.2. The molecule has 6 heteroatoms. The molecule has 0 bridgehead atoms. The molecule has 0 aliphatic heterocycles. The Bertz CT molecular complexity index is 814. The average molecular weight is 330 g/mol. The summed E-state index contributed by atoms with van der Waals surface area (Å²) in [5.41, 5.74) is 1.70. The zero-order valence-corrected chi connectivity index (χ0v) is 13.1. The van der Waals surface area contributed by atoms with Crippen LogP contribution in [0, 0.1) is 0 Å². The molecule has 0 fully saturated rings. The minimum atomic E-state index is -0.471. The minimum absolute atomic E-state index is 0.0948. The van der Waals surface area contributed by atoms with Crippen LogP contribution in [0.3, 0.4) is 0 Å². The van der Waals surface area contributed by atoms with Crippen LogP contribution in [0.2, 0.25) is 5.02 Å². The number of para-hydroxylation sites is 1. The summed E-state index contributed by atoms with van der Waals surface area (Å²) in [5, 5.41) is 18.2. The number of aliphatic hydroxyl groups excluding tert-OH is 1.